The van der Waals surface area contributed by atoms with Crippen molar-refractivity contribution >= 4 is 11.3 Å². The predicted octanol–water partition coefficient (Wildman–Crippen LogP) is 2.94. The Balaban J connectivity index is 2.03. The molecule has 1 unspecified atom stereocenters. The largest absolute Gasteiger partial charge is 0.315 e. The molecule has 2 rings (SSSR count). The molecule has 0 amide bonds. The van der Waals surface area contributed by atoms with Gasteiger partial charge in [-0.25, -0.2) is 0 Å². The Kier molecular flexibility index (Phi) is 4.60. The standard InChI is InChI=1S/C14H24N2S/c1-4-7-16(14-5-6-15-9-14)10-13-8-11(2)17-12(13)3/h8,14-15H,4-7,9-10H2,1-3H3. The van der Waals surface area contributed by atoms with E-state index in [1.54, 1.807) is 0 Å². The summed E-state index contributed by atoms with van der Waals surface area (Å²) in [6.07, 6.45) is 2.56. The van der Waals surface area contributed by atoms with Crippen LogP contribution in [0.5, 0.6) is 0 Å². The second-order valence-electron chi connectivity index (χ2n) is 5.06. The van der Waals surface area contributed by atoms with Crippen LogP contribution in [0, 0.1) is 13.8 Å². The van der Waals surface area contributed by atoms with E-state index in [4.69, 9.17) is 0 Å². The van der Waals surface area contributed by atoms with Crippen LogP contribution in [0.25, 0.3) is 0 Å². The highest BCUT2D eigenvalue weighted by Crippen LogP contribution is 2.23. The number of aryl methyl sites for hydroxylation is 2. The number of hydrogen-bond acceptors (Lipinski definition) is 3. The van der Waals surface area contributed by atoms with Crippen LogP contribution in [-0.4, -0.2) is 30.6 Å². The fraction of sp³-hybridized carbons (Fsp3) is 0.714. The molecule has 2 heterocycles. The molecule has 0 radical (unpaired) electrons. The summed E-state index contributed by atoms with van der Waals surface area (Å²) in [5.74, 6) is 0. The first-order valence-corrected chi connectivity index (χ1v) is 7.53. The summed E-state index contributed by atoms with van der Waals surface area (Å²) in [6.45, 7) is 11.5. The van der Waals surface area contributed by atoms with E-state index in [2.05, 4.69) is 37.1 Å². The SMILES string of the molecule is CCCN(Cc1cc(C)sc1C)C1CCNC1. The molecular formula is C14H24N2S. The molecule has 1 fully saturated rings. The van der Waals surface area contributed by atoms with Crippen molar-refractivity contribution in [1.82, 2.24) is 10.2 Å². The van der Waals surface area contributed by atoms with Crippen LogP contribution >= 0.6 is 11.3 Å². The van der Waals surface area contributed by atoms with E-state index in [1.165, 1.54) is 47.8 Å². The van der Waals surface area contributed by atoms with Crippen LogP contribution in [0.2, 0.25) is 0 Å². The highest BCUT2D eigenvalue weighted by molar-refractivity contribution is 7.12. The van der Waals surface area contributed by atoms with Gasteiger partial charge in [0.1, 0.15) is 0 Å². The molecule has 1 aromatic rings. The summed E-state index contributed by atoms with van der Waals surface area (Å²) in [6, 6.07) is 3.11. The minimum atomic E-state index is 0.745. The summed E-state index contributed by atoms with van der Waals surface area (Å²) in [5.41, 5.74) is 1.54. The first kappa shape index (κ1) is 13.1. The van der Waals surface area contributed by atoms with Gasteiger partial charge in [-0.15, -0.1) is 11.3 Å². The zero-order valence-electron chi connectivity index (χ0n) is 11.3. The van der Waals surface area contributed by atoms with Gasteiger partial charge in [0.15, 0.2) is 0 Å². The lowest BCUT2D eigenvalue weighted by atomic mass is 10.1. The van der Waals surface area contributed by atoms with Gasteiger partial charge >= 0.3 is 0 Å². The predicted molar refractivity (Wildman–Crippen MR) is 75.8 cm³/mol. The van der Waals surface area contributed by atoms with Gasteiger partial charge in [-0.3, -0.25) is 4.90 Å². The van der Waals surface area contributed by atoms with E-state index in [1.807, 2.05) is 11.3 Å². The van der Waals surface area contributed by atoms with Gasteiger partial charge in [-0.05, 0) is 51.4 Å². The summed E-state index contributed by atoms with van der Waals surface area (Å²) < 4.78 is 0. The minimum absolute atomic E-state index is 0.745. The average Bonchev–Trinajstić information content (AvgIpc) is 2.88. The molecule has 0 saturated carbocycles. The molecule has 1 atom stereocenters. The molecule has 0 spiro atoms. The maximum Gasteiger partial charge on any atom is 0.0248 e. The molecule has 0 aliphatic carbocycles. The van der Waals surface area contributed by atoms with Gasteiger partial charge in [-0.1, -0.05) is 6.92 Å². The van der Waals surface area contributed by atoms with Crippen molar-refractivity contribution in [3.05, 3.63) is 21.4 Å². The maximum atomic E-state index is 3.48. The zero-order chi connectivity index (χ0) is 12.3. The fourth-order valence-electron chi connectivity index (χ4n) is 2.69. The van der Waals surface area contributed by atoms with Gasteiger partial charge in [0.2, 0.25) is 0 Å². The normalized spacial score (nSPS) is 20.4. The molecular weight excluding hydrogens is 228 g/mol. The Morgan fingerprint density at radius 3 is 2.82 bits per heavy atom. The first-order chi connectivity index (χ1) is 8.20. The van der Waals surface area contributed by atoms with E-state index in [0.717, 1.165) is 12.6 Å². The molecule has 96 valence electrons. The van der Waals surface area contributed by atoms with Crippen molar-refractivity contribution in [2.75, 3.05) is 19.6 Å². The summed E-state index contributed by atoms with van der Waals surface area (Å²) in [7, 11) is 0. The van der Waals surface area contributed by atoms with Crippen LogP contribution in [0.3, 0.4) is 0 Å². The molecule has 1 aliphatic rings. The molecule has 0 bridgehead atoms. The van der Waals surface area contributed by atoms with E-state index in [9.17, 15) is 0 Å². The van der Waals surface area contributed by atoms with Crippen LogP contribution in [-0.2, 0) is 6.54 Å². The second-order valence-corrected chi connectivity index (χ2v) is 6.52. The van der Waals surface area contributed by atoms with Gasteiger partial charge in [0, 0.05) is 28.9 Å². The monoisotopic (exact) mass is 252 g/mol. The van der Waals surface area contributed by atoms with Crippen molar-refractivity contribution in [2.24, 2.45) is 0 Å². The minimum Gasteiger partial charge on any atom is -0.315 e. The Morgan fingerprint density at radius 1 is 1.47 bits per heavy atom. The van der Waals surface area contributed by atoms with Crippen LogP contribution in [0.15, 0.2) is 6.07 Å². The Labute approximate surface area is 109 Å². The number of rotatable bonds is 5. The third kappa shape index (κ3) is 3.30. The van der Waals surface area contributed by atoms with Gasteiger partial charge < -0.3 is 5.32 Å². The third-order valence-corrected chi connectivity index (χ3v) is 4.59. The molecule has 1 aromatic heterocycles. The quantitative estimate of drug-likeness (QED) is 0.867. The van der Waals surface area contributed by atoms with Crippen LogP contribution < -0.4 is 5.32 Å². The zero-order valence-corrected chi connectivity index (χ0v) is 12.1. The number of hydrogen-bond donors (Lipinski definition) is 1. The summed E-state index contributed by atoms with van der Waals surface area (Å²) in [5, 5.41) is 3.48. The first-order valence-electron chi connectivity index (χ1n) is 6.71. The van der Waals surface area contributed by atoms with E-state index in [-0.39, 0.29) is 0 Å². The second kappa shape index (κ2) is 5.98. The van der Waals surface area contributed by atoms with Crippen molar-refractivity contribution in [3.8, 4) is 0 Å². The van der Waals surface area contributed by atoms with E-state index >= 15 is 0 Å². The summed E-state index contributed by atoms with van der Waals surface area (Å²) in [4.78, 5) is 5.60. The molecule has 2 nitrogen and oxygen atoms in total. The molecule has 0 aromatic carbocycles. The van der Waals surface area contributed by atoms with Gasteiger partial charge in [0.05, 0.1) is 0 Å². The van der Waals surface area contributed by atoms with Gasteiger partial charge in [0.25, 0.3) is 0 Å². The molecule has 1 saturated heterocycles. The lowest BCUT2D eigenvalue weighted by Crippen LogP contribution is -2.36. The van der Waals surface area contributed by atoms with Crippen molar-refractivity contribution in [1.29, 1.82) is 0 Å². The number of nitrogens with zero attached hydrogens (tertiary/aromatic N) is 1. The molecule has 1 N–H and O–H groups in total. The molecule has 3 heteroatoms. The third-order valence-electron chi connectivity index (χ3n) is 3.58. The highest BCUT2D eigenvalue weighted by atomic mass is 32.1. The maximum absolute atomic E-state index is 3.48. The molecule has 17 heavy (non-hydrogen) atoms. The fourth-order valence-corrected chi connectivity index (χ4v) is 3.63. The number of nitrogens with one attached hydrogen (secondary N) is 1. The van der Waals surface area contributed by atoms with Crippen molar-refractivity contribution in [3.63, 3.8) is 0 Å². The average molecular weight is 252 g/mol. The smallest absolute Gasteiger partial charge is 0.0248 e. The lowest BCUT2D eigenvalue weighted by molar-refractivity contribution is 0.199. The number of thiophene rings is 1. The van der Waals surface area contributed by atoms with Gasteiger partial charge in [-0.2, -0.15) is 0 Å². The van der Waals surface area contributed by atoms with Crippen molar-refractivity contribution in [2.45, 2.75) is 46.2 Å². The summed E-state index contributed by atoms with van der Waals surface area (Å²) >= 11 is 1.93. The van der Waals surface area contributed by atoms with Crippen LogP contribution in [0.1, 0.15) is 35.1 Å². The van der Waals surface area contributed by atoms with E-state index in [0.29, 0.717) is 0 Å². The lowest BCUT2D eigenvalue weighted by Gasteiger charge is -2.27. The highest BCUT2D eigenvalue weighted by Gasteiger charge is 2.22. The Morgan fingerprint density at radius 2 is 2.29 bits per heavy atom. The van der Waals surface area contributed by atoms with Crippen LogP contribution in [0.4, 0.5) is 0 Å². The topological polar surface area (TPSA) is 15.3 Å². The Hall–Kier alpha value is -0.380. The van der Waals surface area contributed by atoms with E-state index < -0.39 is 0 Å². The van der Waals surface area contributed by atoms with Crippen molar-refractivity contribution < 1.29 is 0 Å². The Bertz CT molecular complexity index is 353. The molecule has 1 aliphatic heterocycles.